The lowest BCUT2D eigenvalue weighted by Gasteiger charge is -2.39. The molecule has 0 heterocycles. The lowest BCUT2D eigenvalue weighted by molar-refractivity contribution is -0.128. The van der Waals surface area contributed by atoms with Crippen molar-refractivity contribution in [2.45, 2.75) is 78.3 Å². The second-order valence-electron chi connectivity index (χ2n) is 6.77. The first-order valence-corrected chi connectivity index (χ1v) is 7.93. The summed E-state index contributed by atoms with van der Waals surface area (Å²) >= 11 is 0. The maximum absolute atomic E-state index is 12.4. The average Bonchev–Trinajstić information content (AvgIpc) is 2.37. The molecule has 0 aromatic carbocycles. The van der Waals surface area contributed by atoms with Gasteiger partial charge in [0.2, 0.25) is 5.91 Å². The van der Waals surface area contributed by atoms with E-state index in [1.54, 1.807) is 0 Å². The van der Waals surface area contributed by atoms with Gasteiger partial charge in [-0.05, 0) is 43.4 Å². The van der Waals surface area contributed by atoms with E-state index in [0.29, 0.717) is 36.6 Å². The molecule has 3 atom stereocenters. The average molecular weight is 268 g/mol. The number of hydrogen-bond donors (Lipinski definition) is 2. The quantitative estimate of drug-likeness (QED) is 0.805. The molecule has 1 saturated carbocycles. The Morgan fingerprint density at radius 1 is 1.32 bits per heavy atom. The normalized spacial score (nSPS) is 28.5. The zero-order valence-corrected chi connectivity index (χ0v) is 13.3. The number of hydrogen-bond acceptors (Lipinski definition) is 2. The van der Waals surface area contributed by atoms with Crippen LogP contribution in [0.15, 0.2) is 0 Å². The minimum Gasteiger partial charge on any atom is -0.351 e. The van der Waals surface area contributed by atoms with Crippen LogP contribution in [0.25, 0.3) is 0 Å². The summed E-state index contributed by atoms with van der Waals surface area (Å²) in [6.45, 7) is 10.8. The summed E-state index contributed by atoms with van der Waals surface area (Å²) in [6.07, 6.45) is 5.00. The molecule has 0 radical (unpaired) electrons. The molecule has 0 spiro atoms. The minimum absolute atomic E-state index is 0.0438. The topological polar surface area (TPSA) is 55.1 Å². The van der Waals surface area contributed by atoms with Gasteiger partial charge in [0.15, 0.2) is 0 Å². The molecule has 0 aromatic rings. The van der Waals surface area contributed by atoms with Crippen LogP contribution in [0.4, 0.5) is 0 Å². The van der Waals surface area contributed by atoms with Gasteiger partial charge in [-0.1, -0.05) is 41.0 Å². The maximum Gasteiger partial charge on any atom is 0.240 e. The Kier molecular flexibility index (Phi) is 5.84. The fourth-order valence-electron chi connectivity index (χ4n) is 3.25. The molecule has 1 rings (SSSR count). The molecule has 0 bridgehead atoms. The van der Waals surface area contributed by atoms with Gasteiger partial charge in [-0.15, -0.1) is 0 Å². The van der Waals surface area contributed by atoms with E-state index in [1.165, 1.54) is 12.8 Å². The first-order chi connectivity index (χ1) is 8.84. The predicted octanol–water partition coefficient (Wildman–Crippen LogP) is 3.08. The third kappa shape index (κ3) is 3.95. The van der Waals surface area contributed by atoms with Gasteiger partial charge < -0.3 is 11.1 Å². The second-order valence-corrected chi connectivity index (χ2v) is 6.77. The molecule has 0 aromatic heterocycles. The van der Waals surface area contributed by atoms with E-state index < -0.39 is 5.54 Å². The number of nitrogens with two attached hydrogens (primary N) is 1. The van der Waals surface area contributed by atoms with Crippen LogP contribution in [-0.2, 0) is 4.79 Å². The Morgan fingerprint density at radius 2 is 1.89 bits per heavy atom. The van der Waals surface area contributed by atoms with Crippen molar-refractivity contribution in [2.75, 3.05) is 0 Å². The van der Waals surface area contributed by atoms with Crippen molar-refractivity contribution in [3.63, 3.8) is 0 Å². The lowest BCUT2D eigenvalue weighted by Crippen LogP contribution is -2.57. The molecule has 3 nitrogen and oxygen atoms in total. The van der Waals surface area contributed by atoms with Crippen molar-refractivity contribution in [2.24, 2.45) is 23.5 Å². The van der Waals surface area contributed by atoms with Gasteiger partial charge in [-0.3, -0.25) is 4.79 Å². The van der Waals surface area contributed by atoms with E-state index in [-0.39, 0.29) is 5.91 Å². The van der Waals surface area contributed by atoms with Crippen LogP contribution >= 0.6 is 0 Å². The smallest absolute Gasteiger partial charge is 0.240 e. The van der Waals surface area contributed by atoms with E-state index >= 15 is 0 Å². The van der Waals surface area contributed by atoms with Gasteiger partial charge in [-0.2, -0.15) is 0 Å². The summed E-state index contributed by atoms with van der Waals surface area (Å²) in [5.41, 5.74) is 5.51. The number of carbonyl (C=O) groups excluding carboxylic acids is 1. The second kappa shape index (κ2) is 6.74. The highest BCUT2D eigenvalue weighted by Crippen LogP contribution is 2.33. The molecule has 0 aliphatic heterocycles. The summed E-state index contributed by atoms with van der Waals surface area (Å²) in [7, 11) is 0. The molecule has 0 saturated heterocycles. The Morgan fingerprint density at radius 3 is 2.37 bits per heavy atom. The summed E-state index contributed by atoms with van der Waals surface area (Å²) in [5, 5.41) is 3.26. The zero-order valence-electron chi connectivity index (χ0n) is 13.3. The molecule has 19 heavy (non-hydrogen) atoms. The fourth-order valence-corrected chi connectivity index (χ4v) is 3.25. The van der Waals surface area contributed by atoms with Gasteiger partial charge in [0.25, 0.3) is 0 Å². The first kappa shape index (κ1) is 16.5. The van der Waals surface area contributed by atoms with Gasteiger partial charge >= 0.3 is 0 Å². The van der Waals surface area contributed by atoms with Crippen molar-refractivity contribution in [3.8, 4) is 0 Å². The van der Waals surface area contributed by atoms with Gasteiger partial charge in [0, 0.05) is 6.04 Å². The van der Waals surface area contributed by atoms with Crippen LogP contribution in [-0.4, -0.2) is 17.5 Å². The molecule has 1 aliphatic rings. The Balaban J connectivity index is 2.73. The summed E-state index contributed by atoms with van der Waals surface area (Å²) in [5.74, 6) is 1.96. The van der Waals surface area contributed by atoms with Crippen LogP contribution in [0.1, 0.15) is 66.7 Å². The van der Waals surface area contributed by atoms with Crippen molar-refractivity contribution in [1.29, 1.82) is 0 Å². The predicted molar refractivity (Wildman–Crippen MR) is 80.8 cm³/mol. The van der Waals surface area contributed by atoms with Crippen LogP contribution in [0.3, 0.4) is 0 Å². The Labute approximate surface area is 118 Å². The molecule has 3 N–H and O–H groups in total. The van der Waals surface area contributed by atoms with Crippen molar-refractivity contribution < 1.29 is 4.79 Å². The Hall–Kier alpha value is -0.570. The minimum atomic E-state index is -0.692. The highest BCUT2D eigenvalue weighted by molar-refractivity contribution is 5.86. The molecule has 1 amide bonds. The van der Waals surface area contributed by atoms with Gasteiger partial charge in [-0.25, -0.2) is 0 Å². The first-order valence-electron chi connectivity index (χ1n) is 7.93. The van der Waals surface area contributed by atoms with Crippen molar-refractivity contribution in [1.82, 2.24) is 5.32 Å². The Bertz CT molecular complexity index is 297. The maximum atomic E-state index is 12.4. The molecule has 3 unspecified atom stereocenters. The standard InChI is InChI=1S/C16H32N2O/c1-6-16(17,7-2)15(19)18-14-10-12(5)8-9-13(14)11(3)4/h11-14H,6-10,17H2,1-5H3,(H,18,19). The number of carbonyl (C=O) groups is 1. The molecule has 1 fully saturated rings. The molecule has 3 heteroatoms. The molecule has 112 valence electrons. The van der Waals surface area contributed by atoms with E-state index in [1.807, 2.05) is 13.8 Å². The van der Waals surface area contributed by atoms with Crippen LogP contribution in [0.2, 0.25) is 0 Å². The largest absolute Gasteiger partial charge is 0.351 e. The van der Waals surface area contributed by atoms with Crippen molar-refractivity contribution >= 4 is 5.91 Å². The third-order valence-electron chi connectivity index (χ3n) is 5.05. The summed E-state index contributed by atoms with van der Waals surface area (Å²) in [4.78, 5) is 12.4. The van der Waals surface area contributed by atoms with Gasteiger partial charge in [0.1, 0.15) is 0 Å². The van der Waals surface area contributed by atoms with Crippen LogP contribution < -0.4 is 11.1 Å². The van der Waals surface area contributed by atoms with Gasteiger partial charge in [0.05, 0.1) is 5.54 Å². The fraction of sp³-hybridized carbons (Fsp3) is 0.938. The summed E-state index contributed by atoms with van der Waals surface area (Å²) in [6, 6.07) is 0.303. The highest BCUT2D eigenvalue weighted by Gasteiger charge is 2.36. The number of nitrogens with one attached hydrogen (secondary N) is 1. The number of rotatable bonds is 5. The zero-order chi connectivity index (χ0) is 14.6. The molecule has 1 aliphatic carbocycles. The van der Waals surface area contributed by atoms with Crippen LogP contribution in [0, 0.1) is 17.8 Å². The van der Waals surface area contributed by atoms with E-state index in [9.17, 15) is 4.79 Å². The summed E-state index contributed by atoms with van der Waals surface area (Å²) < 4.78 is 0. The van der Waals surface area contributed by atoms with E-state index in [0.717, 1.165) is 6.42 Å². The third-order valence-corrected chi connectivity index (χ3v) is 5.05. The van der Waals surface area contributed by atoms with Crippen LogP contribution in [0.5, 0.6) is 0 Å². The van der Waals surface area contributed by atoms with E-state index in [2.05, 4.69) is 26.1 Å². The lowest BCUT2D eigenvalue weighted by atomic mass is 9.73. The molecular formula is C16H32N2O. The monoisotopic (exact) mass is 268 g/mol. The number of amides is 1. The van der Waals surface area contributed by atoms with E-state index in [4.69, 9.17) is 5.73 Å². The highest BCUT2D eigenvalue weighted by atomic mass is 16.2. The van der Waals surface area contributed by atoms with Crippen molar-refractivity contribution in [3.05, 3.63) is 0 Å². The SMILES string of the molecule is CCC(N)(CC)C(=O)NC1CC(C)CCC1C(C)C. The molecular weight excluding hydrogens is 236 g/mol.